The zero-order valence-corrected chi connectivity index (χ0v) is 25.3. The number of carboxylic acids is 2. The number of carbonyl (C=O) groups is 2. The molecule has 0 saturated heterocycles. The van der Waals surface area contributed by atoms with Gasteiger partial charge in [0.15, 0.2) is 0 Å². The summed E-state index contributed by atoms with van der Waals surface area (Å²) in [6.45, 7) is 15.4. The van der Waals surface area contributed by atoms with E-state index in [1.807, 2.05) is 0 Å². The average Bonchev–Trinajstić information content (AvgIpc) is 2.81. The summed E-state index contributed by atoms with van der Waals surface area (Å²) in [5.41, 5.74) is 1.00. The summed E-state index contributed by atoms with van der Waals surface area (Å²) in [4.78, 5) is 20.4. The molecule has 0 amide bonds. The van der Waals surface area contributed by atoms with Crippen LogP contribution in [0.5, 0.6) is 0 Å². The van der Waals surface area contributed by atoms with E-state index in [4.69, 9.17) is 0 Å². The van der Waals surface area contributed by atoms with Gasteiger partial charge in [-0.05, 0) is 25.3 Å². The van der Waals surface area contributed by atoms with Crippen LogP contribution in [0.3, 0.4) is 0 Å². The van der Waals surface area contributed by atoms with E-state index in [2.05, 4.69) is 34.6 Å². The normalized spacial score (nSPS) is 9.12. The second-order valence-electron chi connectivity index (χ2n) is 8.11. The molecule has 0 N–H and O–H groups in total. The van der Waals surface area contributed by atoms with Crippen molar-refractivity contribution >= 4 is 35.8 Å². The number of rotatable bonds is 14. The Morgan fingerprint density at radius 1 is 0.706 bits per heavy atom. The van der Waals surface area contributed by atoms with Crippen LogP contribution in [0.25, 0.3) is 0 Å². The third-order valence-electron chi connectivity index (χ3n) is 4.81. The second-order valence-corrected chi connectivity index (χ2v) is 8.11. The van der Waals surface area contributed by atoms with Gasteiger partial charge < -0.3 is 19.8 Å². The quantitative estimate of drug-likeness (QED) is 0.192. The van der Waals surface area contributed by atoms with Crippen LogP contribution in [0.4, 0.5) is 0 Å². The van der Waals surface area contributed by atoms with Gasteiger partial charge in [0.2, 0.25) is 0 Å². The molecule has 1 rings (SSSR count). The van der Waals surface area contributed by atoms with Gasteiger partial charge in [-0.15, -0.1) is 0 Å². The van der Waals surface area contributed by atoms with Gasteiger partial charge in [0.05, 0.1) is 5.97 Å². The second kappa shape index (κ2) is 34.1. The van der Waals surface area contributed by atoms with E-state index < -0.39 is 11.9 Å². The number of carbonyl (C=O) groups excluding carboxylic acids is 2. The van der Waals surface area contributed by atoms with Crippen molar-refractivity contribution in [3.8, 4) is 0 Å². The third kappa shape index (κ3) is 35.5. The Balaban J connectivity index is -0.000000203. The van der Waals surface area contributed by atoms with Crippen LogP contribution in [-0.2, 0) is 4.79 Å². The Bertz CT molecular complexity index is 539. The van der Waals surface area contributed by atoms with Gasteiger partial charge in [-0.2, -0.15) is 0 Å². The monoisotopic (exact) mass is 582 g/mol. The van der Waals surface area contributed by atoms with Gasteiger partial charge in [0.1, 0.15) is 0 Å². The van der Waals surface area contributed by atoms with Gasteiger partial charge in [-0.25, -0.2) is 0 Å². The van der Waals surface area contributed by atoms with Gasteiger partial charge in [-0.3, -0.25) is 0 Å². The topological polar surface area (TPSA) is 80.3 Å². The number of aliphatic carboxylic acids is 1. The zero-order chi connectivity index (χ0) is 25.7. The molecule has 0 saturated carbocycles. The minimum Gasteiger partial charge on any atom is -0.550 e. The van der Waals surface area contributed by atoms with Gasteiger partial charge in [-0.1, -0.05) is 142 Å². The maximum absolute atomic E-state index is 10.3. The molecule has 0 spiro atoms. The first-order valence-electron chi connectivity index (χ1n) is 12.9. The summed E-state index contributed by atoms with van der Waals surface area (Å²) in [5.74, 6) is -2.02. The fourth-order valence-electron chi connectivity index (χ4n) is 2.56. The van der Waals surface area contributed by atoms with Crippen molar-refractivity contribution in [3.63, 3.8) is 0 Å². The summed E-state index contributed by atoms with van der Waals surface area (Å²) >= 11 is 0. The number of aryl methyl sites for hydroxylation is 1. The van der Waals surface area contributed by atoms with Crippen molar-refractivity contribution in [2.24, 2.45) is 0 Å². The molecule has 4 radical (unpaired) electrons. The van der Waals surface area contributed by atoms with Crippen LogP contribution in [0, 0.1) is 20.8 Å². The van der Waals surface area contributed by atoms with Crippen molar-refractivity contribution in [3.05, 3.63) is 49.2 Å². The predicted molar refractivity (Wildman–Crippen MR) is 143 cm³/mol. The zero-order valence-electron chi connectivity index (χ0n) is 22.5. The molecule has 1 aromatic rings. The molecule has 0 aromatic heterocycles. The van der Waals surface area contributed by atoms with Gasteiger partial charge >= 0.3 is 23.9 Å². The Kier molecular flexibility index (Phi) is 40.3. The first kappa shape index (κ1) is 40.1. The van der Waals surface area contributed by atoms with Crippen molar-refractivity contribution in [2.45, 2.75) is 124 Å². The molecule has 0 aliphatic carbocycles. The summed E-state index contributed by atoms with van der Waals surface area (Å²) in [5, 5.41) is 20.4. The number of aromatic carboxylic acids is 1. The van der Waals surface area contributed by atoms with E-state index in [9.17, 15) is 19.8 Å². The summed E-state index contributed by atoms with van der Waals surface area (Å²) in [7, 11) is 0. The van der Waals surface area contributed by atoms with Crippen molar-refractivity contribution < 1.29 is 19.8 Å². The van der Waals surface area contributed by atoms with Crippen LogP contribution in [0.1, 0.15) is 133 Å². The smallest absolute Gasteiger partial charge is 0.550 e. The van der Waals surface area contributed by atoms with Crippen LogP contribution in [0.15, 0.2) is 24.3 Å². The molecule has 0 bridgehead atoms. The van der Waals surface area contributed by atoms with Gasteiger partial charge in [0, 0.05) is 11.5 Å². The van der Waals surface area contributed by atoms with Crippen molar-refractivity contribution in [2.75, 3.05) is 0 Å². The molecule has 34 heavy (non-hydrogen) atoms. The number of hydrogen-bond donors (Lipinski definition) is 0. The first-order chi connectivity index (χ1) is 15.8. The van der Waals surface area contributed by atoms with E-state index >= 15 is 0 Å². The molecule has 0 heterocycles. The number of carboxylic acid groups (broad SMARTS) is 2. The summed E-state index contributed by atoms with van der Waals surface area (Å²) < 4.78 is 0. The molecular formula is C29H50O4Sn. The SMILES string of the molecule is CCCCCCCCCCCCC(=O)[O-].Cc1ccccc1C(=O)[O-].[CH2]CCC.[CH2]CCC.[Sn+2]. The predicted octanol–water partition coefficient (Wildman–Crippen LogP) is 6.27. The first-order valence-corrected chi connectivity index (χ1v) is 12.9. The fourth-order valence-corrected chi connectivity index (χ4v) is 2.56. The number of hydrogen-bond acceptors (Lipinski definition) is 4. The average molecular weight is 581 g/mol. The molecular weight excluding hydrogens is 531 g/mol. The maximum Gasteiger partial charge on any atom is 2.00 e. The Labute approximate surface area is 228 Å². The molecule has 194 valence electrons. The molecule has 0 unspecified atom stereocenters. The fraction of sp³-hybridized carbons (Fsp3) is 0.655. The molecule has 0 atom stereocenters. The van der Waals surface area contributed by atoms with E-state index in [-0.39, 0.29) is 35.9 Å². The van der Waals surface area contributed by atoms with E-state index in [1.54, 1.807) is 25.1 Å². The van der Waals surface area contributed by atoms with E-state index in [1.165, 1.54) is 70.3 Å². The van der Waals surface area contributed by atoms with Crippen LogP contribution >= 0.6 is 0 Å². The third-order valence-corrected chi connectivity index (χ3v) is 4.81. The molecule has 4 nitrogen and oxygen atoms in total. The maximum atomic E-state index is 10.3. The van der Waals surface area contributed by atoms with E-state index in [0.717, 1.165) is 31.2 Å². The molecule has 0 aliphatic heterocycles. The van der Waals surface area contributed by atoms with Crippen LogP contribution in [-0.4, -0.2) is 35.8 Å². The number of benzene rings is 1. The largest absolute Gasteiger partial charge is 2.00 e. The molecule has 5 heteroatoms. The Morgan fingerprint density at radius 3 is 1.38 bits per heavy atom. The molecule has 0 fully saturated rings. The number of unbranched alkanes of at least 4 members (excludes halogenated alkanes) is 11. The minimum absolute atomic E-state index is 0. The summed E-state index contributed by atoms with van der Waals surface area (Å²) in [6, 6.07) is 6.75. The molecule has 0 aliphatic rings. The minimum atomic E-state index is -1.11. The van der Waals surface area contributed by atoms with Crippen LogP contribution in [0.2, 0.25) is 0 Å². The van der Waals surface area contributed by atoms with Gasteiger partial charge in [0.25, 0.3) is 0 Å². The van der Waals surface area contributed by atoms with Crippen LogP contribution < -0.4 is 10.2 Å². The van der Waals surface area contributed by atoms with Crippen molar-refractivity contribution in [1.29, 1.82) is 0 Å². The Morgan fingerprint density at radius 2 is 1.09 bits per heavy atom. The molecule has 1 aromatic carbocycles. The summed E-state index contributed by atoms with van der Waals surface area (Å²) in [6.07, 6.45) is 17.1. The van der Waals surface area contributed by atoms with E-state index in [0.29, 0.717) is 0 Å². The Hall–Kier alpha value is -1.04. The van der Waals surface area contributed by atoms with Crippen molar-refractivity contribution in [1.82, 2.24) is 0 Å². The standard InChI is InChI=1S/C13H26O2.C8H8O2.2C4H9.Sn/c1-2-3-4-5-6-7-8-9-10-11-12-13(14)15;1-6-4-2-3-5-7(6)8(9)10;2*1-3-4-2;/h2-12H2,1H3,(H,14,15);2-5H,1H3,(H,9,10);2*1,3-4H2,2H3;/q;;;;+2/p-2.